The maximum Gasteiger partial charge on any atom is 0.0340 e. The number of hydrogen-bond acceptors (Lipinski definition) is 3. The summed E-state index contributed by atoms with van der Waals surface area (Å²) < 4.78 is 0. The van der Waals surface area contributed by atoms with Gasteiger partial charge in [-0.3, -0.25) is 0 Å². The Hall–Kier alpha value is -2.51. The SMILES string of the molecule is c1ccc(NCCP(CCNc2ccccc2)CCNc2ccccc2)cc1. The fourth-order valence-electron chi connectivity index (χ4n) is 3.08. The number of nitrogens with one attached hydrogen (secondary N) is 3. The predicted molar refractivity (Wildman–Crippen MR) is 126 cm³/mol. The Morgan fingerprint density at radius 2 is 0.714 bits per heavy atom. The number of hydrogen-bond donors (Lipinski definition) is 3. The molecule has 0 fully saturated rings. The molecule has 0 bridgehead atoms. The standard InChI is InChI=1S/C24H30N3P/c1-4-10-22(11-5-1)25-16-19-28(20-17-26-23-12-6-2-7-13-23)21-18-27-24-14-8-3-9-15-24/h1-15,25-27H,16-21H2. The van der Waals surface area contributed by atoms with Crippen LogP contribution in [0.4, 0.5) is 17.1 Å². The zero-order chi connectivity index (χ0) is 19.3. The van der Waals surface area contributed by atoms with Crippen LogP contribution in [0.2, 0.25) is 0 Å². The molecule has 0 spiro atoms. The number of benzene rings is 3. The molecule has 3 nitrogen and oxygen atoms in total. The summed E-state index contributed by atoms with van der Waals surface area (Å²) in [4.78, 5) is 0. The molecule has 146 valence electrons. The summed E-state index contributed by atoms with van der Waals surface area (Å²) in [6, 6.07) is 31.5. The lowest BCUT2D eigenvalue weighted by molar-refractivity contribution is 1.14. The number of anilines is 3. The van der Waals surface area contributed by atoms with E-state index in [0.717, 1.165) is 19.6 Å². The highest BCUT2D eigenvalue weighted by Crippen LogP contribution is 2.34. The smallest absolute Gasteiger partial charge is 0.0340 e. The van der Waals surface area contributed by atoms with E-state index in [1.165, 1.54) is 35.5 Å². The molecular formula is C24H30N3P. The van der Waals surface area contributed by atoms with Crippen molar-refractivity contribution >= 4 is 25.0 Å². The Morgan fingerprint density at radius 1 is 0.429 bits per heavy atom. The molecule has 0 aliphatic carbocycles. The van der Waals surface area contributed by atoms with Gasteiger partial charge < -0.3 is 16.0 Å². The molecule has 0 aliphatic rings. The van der Waals surface area contributed by atoms with E-state index < -0.39 is 0 Å². The van der Waals surface area contributed by atoms with Crippen molar-refractivity contribution in [2.75, 3.05) is 54.1 Å². The molecule has 0 amide bonds. The number of para-hydroxylation sites is 3. The average Bonchev–Trinajstić information content (AvgIpc) is 2.76. The minimum Gasteiger partial charge on any atom is -0.385 e. The normalized spacial score (nSPS) is 10.6. The van der Waals surface area contributed by atoms with Crippen LogP contribution in [-0.4, -0.2) is 38.1 Å². The molecule has 0 atom stereocenters. The van der Waals surface area contributed by atoms with Crippen LogP contribution in [0.5, 0.6) is 0 Å². The maximum atomic E-state index is 3.57. The predicted octanol–water partition coefficient (Wildman–Crippen LogP) is 5.80. The van der Waals surface area contributed by atoms with Gasteiger partial charge in [-0.05, 0) is 54.9 Å². The summed E-state index contributed by atoms with van der Waals surface area (Å²) in [6.07, 6.45) is 3.70. The summed E-state index contributed by atoms with van der Waals surface area (Å²) in [7, 11) is -0.0369. The van der Waals surface area contributed by atoms with E-state index in [4.69, 9.17) is 0 Å². The van der Waals surface area contributed by atoms with Gasteiger partial charge in [0.25, 0.3) is 0 Å². The third-order valence-corrected chi connectivity index (χ3v) is 7.16. The summed E-state index contributed by atoms with van der Waals surface area (Å²) in [5.74, 6) is 0. The molecule has 0 unspecified atom stereocenters. The first-order valence-electron chi connectivity index (χ1n) is 9.99. The van der Waals surface area contributed by atoms with Gasteiger partial charge in [-0.2, -0.15) is 0 Å². The van der Waals surface area contributed by atoms with Gasteiger partial charge in [-0.15, -0.1) is 7.92 Å². The van der Waals surface area contributed by atoms with Crippen molar-refractivity contribution in [3.63, 3.8) is 0 Å². The van der Waals surface area contributed by atoms with Gasteiger partial charge in [-0.25, -0.2) is 0 Å². The second-order valence-corrected chi connectivity index (χ2v) is 9.40. The van der Waals surface area contributed by atoms with Gasteiger partial charge in [0.1, 0.15) is 0 Å². The van der Waals surface area contributed by atoms with E-state index in [1.807, 2.05) is 0 Å². The quantitative estimate of drug-likeness (QED) is 0.341. The lowest BCUT2D eigenvalue weighted by Gasteiger charge is -2.20. The molecular weight excluding hydrogens is 361 g/mol. The highest BCUT2D eigenvalue weighted by Gasteiger charge is 2.08. The topological polar surface area (TPSA) is 36.1 Å². The molecule has 0 heterocycles. The van der Waals surface area contributed by atoms with E-state index in [2.05, 4.69) is 107 Å². The van der Waals surface area contributed by atoms with Gasteiger partial charge in [0.15, 0.2) is 0 Å². The number of rotatable bonds is 12. The van der Waals surface area contributed by atoms with Crippen molar-refractivity contribution in [2.45, 2.75) is 0 Å². The van der Waals surface area contributed by atoms with Gasteiger partial charge in [0.2, 0.25) is 0 Å². The molecule has 0 aliphatic heterocycles. The van der Waals surface area contributed by atoms with Crippen molar-refractivity contribution in [3.05, 3.63) is 91.0 Å². The first kappa shape index (κ1) is 20.2. The molecule has 3 N–H and O–H groups in total. The van der Waals surface area contributed by atoms with Crippen LogP contribution in [0.25, 0.3) is 0 Å². The Bertz CT molecular complexity index is 657. The van der Waals surface area contributed by atoms with Crippen molar-refractivity contribution in [1.29, 1.82) is 0 Å². The Balaban J connectivity index is 1.44. The van der Waals surface area contributed by atoms with E-state index >= 15 is 0 Å². The fraction of sp³-hybridized carbons (Fsp3) is 0.250. The Kier molecular flexibility index (Phi) is 8.70. The lowest BCUT2D eigenvalue weighted by Crippen LogP contribution is -2.15. The highest BCUT2D eigenvalue weighted by atomic mass is 31.1. The van der Waals surface area contributed by atoms with Crippen LogP contribution < -0.4 is 16.0 Å². The van der Waals surface area contributed by atoms with Crippen molar-refractivity contribution < 1.29 is 0 Å². The van der Waals surface area contributed by atoms with E-state index in [0.29, 0.717) is 0 Å². The van der Waals surface area contributed by atoms with Gasteiger partial charge in [-0.1, -0.05) is 54.6 Å². The summed E-state index contributed by atoms with van der Waals surface area (Å²) in [6.45, 7) is 3.10. The molecule has 0 aromatic heterocycles. The van der Waals surface area contributed by atoms with E-state index in [1.54, 1.807) is 0 Å². The third kappa shape index (κ3) is 7.62. The molecule has 3 aromatic carbocycles. The van der Waals surface area contributed by atoms with Crippen LogP contribution >= 0.6 is 7.92 Å². The molecule has 0 saturated carbocycles. The zero-order valence-electron chi connectivity index (χ0n) is 16.4. The highest BCUT2D eigenvalue weighted by molar-refractivity contribution is 7.57. The van der Waals surface area contributed by atoms with Crippen molar-refractivity contribution in [1.82, 2.24) is 0 Å². The average molecular weight is 391 g/mol. The lowest BCUT2D eigenvalue weighted by atomic mass is 10.3. The van der Waals surface area contributed by atoms with Crippen LogP contribution in [-0.2, 0) is 0 Å². The van der Waals surface area contributed by atoms with Gasteiger partial charge >= 0.3 is 0 Å². The fourth-order valence-corrected chi connectivity index (χ4v) is 5.03. The van der Waals surface area contributed by atoms with Crippen LogP contribution in [0.3, 0.4) is 0 Å². The first-order chi connectivity index (χ1) is 13.9. The molecule has 4 heteroatoms. The van der Waals surface area contributed by atoms with Crippen molar-refractivity contribution in [2.24, 2.45) is 0 Å². The molecule has 0 radical (unpaired) electrons. The second kappa shape index (κ2) is 12.0. The Morgan fingerprint density at radius 3 is 1.00 bits per heavy atom. The van der Waals surface area contributed by atoms with E-state index in [9.17, 15) is 0 Å². The van der Waals surface area contributed by atoms with Crippen molar-refractivity contribution in [3.8, 4) is 0 Å². The molecule has 3 aromatic rings. The molecule has 28 heavy (non-hydrogen) atoms. The largest absolute Gasteiger partial charge is 0.385 e. The minimum atomic E-state index is -0.0369. The monoisotopic (exact) mass is 391 g/mol. The van der Waals surface area contributed by atoms with Crippen LogP contribution in [0.1, 0.15) is 0 Å². The zero-order valence-corrected chi connectivity index (χ0v) is 17.2. The van der Waals surface area contributed by atoms with Gasteiger partial charge in [0, 0.05) is 36.7 Å². The summed E-state index contributed by atoms with van der Waals surface area (Å²) in [5.41, 5.74) is 3.63. The van der Waals surface area contributed by atoms with Crippen LogP contribution in [0, 0.1) is 0 Å². The maximum absolute atomic E-state index is 3.57. The summed E-state index contributed by atoms with van der Waals surface area (Å²) in [5, 5.41) is 10.7. The Labute approximate surface area is 170 Å². The minimum absolute atomic E-state index is 0.0369. The van der Waals surface area contributed by atoms with E-state index in [-0.39, 0.29) is 7.92 Å². The first-order valence-corrected chi connectivity index (χ1v) is 11.9. The van der Waals surface area contributed by atoms with Crippen LogP contribution in [0.15, 0.2) is 91.0 Å². The second-order valence-electron chi connectivity index (χ2n) is 6.72. The summed E-state index contributed by atoms with van der Waals surface area (Å²) >= 11 is 0. The third-order valence-electron chi connectivity index (χ3n) is 4.59. The molecule has 0 saturated heterocycles. The molecule has 3 rings (SSSR count). The van der Waals surface area contributed by atoms with Gasteiger partial charge in [0.05, 0.1) is 0 Å².